The van der Waals surface area contributed by atoms with E-state index < -0.39 is 5.97 Å². The maximum Gasteiger partial charge on any atom is 0.356 e. The average Bonchev–Trinajstić information content (AvgIpc) is 3.15. The van der Waals surface area contributed by atoms with Crippen molar-refractivity contribution in [1.82, 2.24) is 14.8 Å². The summed E-state index contributed by atoms with van der Waals surface area (Å²) in [4.78, 5) is 15.7. The highest BCUT2D eigenvalue weighted by Crippen LogP contribution is 2.32. The van der Waals surface area contributed by atoms with E-state index in [1.54, 1.807) is 30.5 Å². The average molecular weight is 410 g/mol. The molecule has 0 unspecified atom stereocenters. The first-order valence-corrected chi connectivity index (χ1v) is 9.09. The van der Waals surface area contributed by atoms with Crippen molar-refractivity contribution in [3.63, 3.8) is 0 Å². The molecule has 0 bridgehead atoms. The minimum Gasteiger partial charge on any atom is -0.476 e. The van der Waals surface area contributed by atoms with Crippen LogP contribution < -0.4 is 0 Å². The van der Waals surface area contributed by atoms with Crippen molar-refractivity contribution in [2.75, 3.05) is 0 Å². The van der Waals surface area contributed by atoms with Crippen LogP contribution >= 0.6 is 23.2 Å². The van der Waals surface area contributed by atoms with Crippen molar-refractivity contribution in [3.05, 3.63) is 88.7 Å². The topological polar surface area (TPSA) is 68.0 Å². The van der Waals surface area contributed by atoms with E-state index in [1.165, 1.54) is 10.7 Å². The first kappa shape index (κ1) is 18.2. The van der Waals surface area contributed by atoms with Gasteiger partial charge in [0.15, 0.2) is 11.5 Å². The third kappa shape index (κ3) is 3.50. The molecule has 0 aliphatic heterocycles. The quantitative estimate of drug-likeness (QED) is 0.475. The normalized spacial score (nSPS) is 10.8. The van der Waals surface area contributed by atoms with Gasteiger partial charge in [-0.25, -0.2) is 14.5 Å². The highest BCUT2D eigenvalue weighted by atomic mass is 35.5. The van der Waals surface area contributed by atoms with Crippen LogP contribution in [0, 0.1) is 0 Å². The Morgan fingerprint density at radius 2 is 1.68 bits per heavy atom. The highest BCUT2D eigenvalue weighted by Gasteiger charge is 2.16. The van der Waals surface area contributed by atoms with Crippen LogP contribution in [0.5, 0.6) is 0 Å². The number of nitrogens with zero attached hydrogens (tertiary/aromatic N) is 3. The van der Waals surface area contributed by atoms with E-state index in [-0.39, 0.29) is 5.69 Å². The third-order valence-corrected chi connectivity index (χ3v) is 4.77. The van der Waals surface area contributed by atoms with Gasteiger partial charge in [0.25, 0.3) is 0 Å². The number of pyridine rings is 1. The van der Waals surface area contributed by atoms with E-state index in [0.717, 1.165) is 16.7 Å². The zero-order chi connectivity index (χ0) is 19.7. The Hall–Kier alpha value is -3.15. The first-order valence-electron chi connectivity index (χ1n) is 8.33. The maximum absolute atomic E-state index is 11.4. The fourth-order valence-corrected chi connectivity index (χ4v) is 3.41. The van der Waals surface area contributed by atoms with Gasteiger partial charge in [-0.15, -0.1) is 0 Å². The summed E-state index contributed by atoms with van der Waals surface area (Å²) in [7, 11) is 0. The van der Waals surface area contributed by atoms with Crippen molar-refractivity contribution in [1.29, 1.82) is 0 Å². The van der Waals surface area contributed by atoms with E-state index in [1.807, 2.05) is 36.4 Å². The number of carbonyl (C=O) groups is 1. The number of aromatic carboxylic acids is 1. The van der Waals surface area contributed by atoms with Crippen LogP contribution in [0.1, 0.15) is 10.5 Å². The molecule has 0 amide bonds. The molecular weight excluding hydrogens is 397 g/mol. The fraction of sp³-hybridized carbons (Fsp3) is 0. The smallest absolute Gasteiger partial charge is 0.356 e. The fourth-order valence-electron chi connectivity index (χ4n) is 2.89. The number of benzene rings is 2. The first-order chi connectivity index (χ1) is 13.5. The Labute approximate surface area is 170 Å². The Morgan fingerprint density at radius 3 is 2.32 bits per heavy atom. The molecule has 2 heterocycles. The molecule has 28 heavy (non-hydrogen) atoms. The Kier molecular flexibility index (Phi) is 4.86. The van der Waals surface area contributed by atoms with Gasteiger partial charge in [0.05, 0.1) is 5.69 Å². The number of rotatable bonds is 4. The summed E-state index contributed by atoms with van der Waals surface area (Å²) >= 11 is 12.3. The molecule has 5 nitrogen and oxygen atoms in total. The number of hydrogen-bond acceptors (Lipinski definition) is 3. The molecule has 2 aromatic heterocycles. The van der Waals surface area contributed by atoms with Crippen molar-refractivity contribution in [2.45, 2.75) is 0 Å². The molecule has 0 fully saturated rings. The van der Waals surface area contributed by atoms with E-state index >= 15 is 0 Å². The van der Waals surface area contributed by atoms with Crippen molar-refractivity contribution < 1.29 is 9.90 Å². The molecule has 2 aromatic carbocycles. The standard InChI is InChI=1S/C21H13Cl2N3O2/c22-15-8-9-16(17(23)11-15)13-4-6-14(7-5-13)19-12-18(21(27)28)25-26(19)20-3-1-2-10-24-20/h1-12H,(H,27,28). The Morgan fingerprint density at radius 1 is 0.929 bits per heavy atom. The number of halogens is 2. The lowest BCUT2D eigenvalue weighted by Gasteiger charge is -2.09. The predicted molar refractivity (Wildman–Crippen MR) is 109 cm³/mol. The van der Waals surface area contributed by atoms with E-state index in [0.29, 0.717) is 21.6 Å². The molecule has 0 aliphatic carbocycles. The maximum atomic E-state index is 11.4. The summed E-state index contributed by atoms with van der Waals surface area (Å²) in [6.07, 6.45) is 1.63. The van der Waals surface area contributed by atoms with Crippen molar-refractivity contribution >= 4 is 29.2 Å². The number of aromatic nitrogens is 3. The van der Waals surface area contributed by atoms with Crippen LogP contribution in [0.3, 0.4) is 0 Å². The van der Waals surface area contributed by atoms with Gasteiger partial charge in [-0.1, -0.05) is 59.6 Å². The molecule has 4 rings (SSSR count). The van der Waals surface area contributed by atoms with Gasteiger partial charge in [0.2, 0.25) is 0 Å². The summed E-state index contributed by atoms with van der Waals surface area (Å²) < 4.78 is 1.52. The molecule has 0 saturated carbocycles. The zero-order valence-corrected chi connectivity index (χ0v) is 15.9. The van der Waals surface area contributed by atoms with Gasteiger partial charge in [0, 0.05) is 27.4 Å². The van der Waals surface area contributed by atoms with Gasteiger partial charge in [-0.05, 0) is 35.9 Å². The van der Waals surface area contributed by atoms with Crippen LogP contribution in [0.15, 0.2) is 72.9 Å². The number of hydrogen-bond donors (Lipinski definition) is 1. The van der Waals surface area contributed by atoms with E-state index in [9.17, 15) is 9.90 Å². The minimum absolute atomic E-state index is 0.0505. The van der Waals surface area contributed by atoms with Crippen LogP contribution in [0.2, 0.25) is 10.0 Å². The second-order valence-electron chi connectivity index (χ2n) is 6.02. The monoisotopic (exact) mass is 409 g/mol. The van der Waals surface area contributed by atoms with Crippen LogP contribution in [0.25, 0.3) is 28.2 Å². The Balaban J connectivity index is 1.78. The van der Waals surface area contributed by atoms with Gasteiger partial charge >= 0.3 is 5.97 Å². The van der Waals surface area contributed by atoms with E-state index in [4.69, 9.17) is 23.2 Å². The highest BCUT2D eigenvalue weighted by molar-refractivity contribution is 6.36. The second kappa shape index (κ2) is 7.46. The lowest BCUT2D eigenvalue weighted by atomic mass is 10.0. The molecule has 7 heteroatoms. The minimum atomic E-state index is -1.10. The van der Waals surface area contributed by atoms with Crippen LogP contribution in [0.4, 0.5) is 0 Å². The van der Waals surface area contributed by atoms with E-state index in [2.05, 4.69) is 10.1 Å². The molecule has 0 aliphatic rings. The summed E-state index contributed by atoms with van der Waals surface area (Å²) in [6.45, 7) is 0. The van der Waals surface area contributed by atoms with Gasteiger partial charge in [-0.3, -0.25) is 0 Å². The third-order valence-electron chi connectivity index (χ3n) is 4.22. The molecular formula is C21H13Cl2N3O2. The van der Waals surface area contributed by atoms with Gasteiger partial charge in [0.1, 0.15) is 0 Å². The molecule has 0 radical (unpaired) electrons. The van der Waals surface area contributed by atoms with Gasteiger partial charge in [-0.2, -0.15) is 5.10 Å². The molecule has 4 aromatic rings. The number of carboxylic acids is 1. The SMILES string of the molecule is O=C(O)c1cc(-c2ccc(-c3ccc(Cl)cc3Cl)cc2)n(-c2ccccn2)n1. The summed E-state index contributed by atoms with van der Waals surface area (Å²) in [6, 6.07) is 19.9. The second-order valence-corrected chi connectivity index (χ2v) is 6.86. The Bertz CT molecular complexity index is 1160. The van der Waals surface area contributed by atoms with Crippen LogP contribution in [-0.2, 0) is 0 Å². The predicted octanol–water partition coefficient (Wildman–Crippen LogP) is 5.61. The molecule has 0 atom stereocenters. The summed E-state index contributed by atoms with van der Waals surface area (Å²) in [5.74, 6) is -0.560. The lowest BCUT2D eigenvalue weighted by molar-refractivity contribution is 0.0690. The largest absolute Gasteiger partial charge is 0.476 e. The zero-order valence-electron chi connectivity index (χ0n) is 14.4. The molecule has 0 spiro atoms. The molecule has 0 saturated heterocycles. The molecule has 138 valence electrons. The van der Waals surface area contributed by atoms with Crippen molar-refractivity contribution in [2.24, 2.45) is 0 Å². The van der Waals surface area contributed by atoms with Crippen molar-refractivity contribution in [3.8, 4) is 28.2 Å². The van der Waals surface area contributed by atoms with Gasteiger partial charge < -0.3 is 5.11 Å². The molecule has 1 N–H and O–H groups in total. The number of carboxylic acid groups (broad SMARTS) is 1. The van der Waals surface area contributed by atoms with Crippen LogP contribution in [-0.4, -0.2) is 25.8 Å². The summed E-state index contributed by atoms with van der Waals surface area (Å²) in [5, 5.41) is 14.7. The summed E-state index contributed by atoms with van der Waals surface area (Å²) in [5.41, 5.74) is 3.17. The lowest BCUT2D eigenvalue weighted by Crippen LogP contribution is -2.03.